The predicted molar refractivity (Wildman–Crippen MR) is 57.5 cm³/mol. The van der Waals surface area contributed by atoms with Crippen LogP contribution >= 0.6 is 15.9 Å². The minimum Gasteiger partial charge on any atom is -0.480 e. The van der Waals surface area contributed by atoms with Crippen LogP contribution in [0.3, 0.4) is 0 Å². The van der Waals surface area contributed by atoms with Gasteiger partial charge in [0.1, 0.15) is 6.04 Å². The predicted octanol–water partition coefficient (Wildman–Crippen LogP) is 2.26. The lowest BCUT2D eigenvalue weighted by Gasteiger charge is -2.24. The standard InChI is InChI=1S/C10H10BrNO2/c11-7-3-1-6-2-4-8(10(13)14)12-9(6)5-7/h1,3,5,8,12H,2,4H2,(H,13,14). The van der Waals surface area contributed by atoms with Crippen LogP contribution in [-0.4, -0.2) is 17.1 Å². The number of carboxylic acid groups (broad SMARTS) is 1. The van der Waals surface area contributed by atoms with E-state index < -0.39 is 12.0 Å². The number of carbonyl (C=O) groups is 1. The molecule has 4 heteroatoms. The monoisotopic (exact) mass is 255 g/mol. The molecule has 0 saturated heterocycles. The van der Waals surface area contributed by atoms with Crippen molar-refractivity contribution in [3.05, 3.63) is 28.2 Å². The molecule has 2 rings (SSSR count). The van der Waals surface area contributed by atoms with Crippen LogP contribution in [0.2, 0.25) is 0 Å². The number of carboxylic acids is 1. The molecule has 0 fully saturated rings. The molecule has 1 aliphatic rings. The fourth-order valence-electron chi connectivity index (χ4n) is 1.65. The maximum Gasteiger partial charge on any atom is 0.326 e. The lowest BCUT2D eigenvalue weighted by molar-refractivity contribution is -0.138. The smallest absolute Gasteiger partial charge is 0.326 e. The molecule has 0 aliphatic carbocycles. The molecule has 0 aromatic heterocycles. The molecule has 1 unspecified atom stereocenters. The number of anilines is 1. The minimum absolute atomic E-state index is 0.447. The quantitative estimate of drug-likeness (QED) is 0.810. The molecule has 1 aromatic carbocycles. The molecular weight excluding hydrogens is 246 g/mol. The Morgan fingerprint density at radius 1 is 1.57 bits per heavy atom. The fraction of sp³-hybridized carbons (Fsp3) is 0.300. The average Bonchev–Trinajstić information content (AvgIpc) is 2.16. The molecule has 14 heavy (non-hydrogen) atoms. The molecule has 0 saturated carbocycles. The highest BCUT2D eigenvalue weighted by Gasteiger charge is 2.22. The Morgan fingerprint density at radius 3 is 3.07 bits per heavy atom. The maximum absolute atomic E-state index is 10.8. The highest BCUT2D eigenvalue weighted by atomic mass is 79.9. The number of hydrogen-bond acceptors (Lipinski definition) is 2. The van der Waals surface area contributed by atoms with Crippen molar-refractivity contribution in [1.29, 1.82) is 0 Å². The molecule has 0 radical (unpaired) electrons. The number of aryl methyl sites for hydroxylation is 1. The van der Waals surface area contributed by atoms with Crippen molar-refractivity contribution in [2.45, 2.75) is 18.9 Å². The third-order valence-electron chi connectivity index (χ3n) is 2.40. The third kappa shape index (κ3) is 1.75. The normalized spacial score (nSPS) is 19.6. The summed E-state index contributed by atoms with van der Waals surface area (Å²) in [4.78, 5) is 10.8. The number of aliphatic carboxylic acids is 1. The minimum atomic E-state index is -0.782. The highest BCUT2D eigenvalue weighted by Crippen LogP contribution is 2.27. The van der Waals surface area contributed by atoms with Crippen LogP contribution in [0.4, 0.5) is 5.69 Å². The zero-order valence-electron chi connectivity index (χ0n) is 7.46. The molecular formula is C10H10BrNO2. The molecule has 0 bridgehead atoms. The van der Waals surface area contributed by atoms with Crippen LogP contribution in [0.25, 0.3) is 0 Å². The van der Waals surface area contributed by atoms with Gasteiger partial charge < -0.3 is 10.4 Å². The van der Waals surface area contributed by atoms with Gasteiger partial charge in [0.15, 0.2) is 0 Å². The van der Waals surface area contributed by atoms with Gasteiger partial charge in [0.25, 0.3) is 0 Å². The molecule has 1 aliphatic heterocycles. The summed E-state index contributed by atoms with van der Waals surface area (Å²) < 4.78 is 0.967. The van der Waals surface area contributed by atoms with Gasteiger partial charge in [0, 0.05) is 10.2 Å². The number of fused-ring (bicyclic) bond motifs is 1. The summed E-state index contributed by atoms with van der Waals surface area (Å²) in [6.07, 6.45) is 1.48. The van der Waals surface area contributed by atoms with Gasteiger partial charge in [-0.05, 0) is 30.5 Å². The SMILES string of the molecule is O=C(O)C1CCc2ccc(Br)cc2N1. The van der Waals surface area contributed by atoms with Crippen molar-refractivity contribution >= 4 is 27.6 Å². The van der Waals surface area contributed by atoms with Crippen molar-refractivity contribution in [2.24, 2.45) is 0 Å². The van der Waals surface area contributed by atoms with Crippen LogP contribution in [0.5, 0.6) is 0 Å². The van der Waals surface area contributed by atoms with Gasteiger partial charge in [0.2, 0.25) is 0 Å². The first-order valence-electron chi connectivity index (χ1n) is 4.44. The van der Waals surface area contributed by atoms with Crippen molar-refractivity contribution in [3.63, 3.8) is 0 Å². The largest absolute Gasteiger partial charge is 0.480 e. The second-order valence-corrected chi connectivity index (χ2v) is 4.29. The third-order valence-corrected chi connectivity index (χ3v) is 2.90. The topological polar surface area (TPSA) is 49.3 Å². The van der Waals surface area contributed by atoms with Crippen LogP contribution < -0.4 is 5.32 Å². The first-order valence-corrected chi connectivity index (χ1v) is 5.24. The zero-order valence-corrected chi connectivity index (χ0v) is 9.04. The zero-order chi connectivity index (χ0) is 10.1. The van der Waals surface area contributed by atoms with E-state index in [9.17, 15) is 4.79 Å². The van der Waals surface area contributed by atoms with Crippen LogP contribution in [-0.2, 0) is 11.2 Å². The fourth-order valence-corrected chi connectivity index (χ4v) is 2.01. The summed E-state index contributed by atoms with van der Waals surface area (Å²) in [6.45, 7) is 0. The lowest BCUT2D eigenvalue weighted by Crippen LogP contribution is -2.33. The van der Waals surface area contributed by atoms with Crippen molar-refractivity contribution < 1.29 is 9.90 Å². The van der Waals surface area contributed by atoms with Crippen molar-refractivity contribution in [1.82, 2.24) is 0 Å². The highest BCUT2D eigenvalue weighted by molar-refractivity contribution is 9.10. The number of halogens is 1. The summed E-state index contributed by atoms with van der Waals surface area (Å²) in [5, 5.41) is 11.9. The van der Waals surface area contributed by atoms with Crippen LogP contribution in [0, 0.1) is 0 Å². The molecule has 3 nitrogen and oxygen atoms in total. The Hall–Kier alpha value is -1.03. The van der Waals surface area contributed by atoms with Gasteiger partial charge in [-0.1, -0.05) is 22.0 Å². The maximum atomic E-state index is 10.8. The summed E-state index contributed by atoms with van der Waals surface area (Å²) in [5.41, 5.74) is 2.11. The first kappa shape index (κ1) is 9.52. The van der Waals surface area contributed by atoms with Gasteiger partial charge in [-0.15, -0.1) is 0 Å². The van der Waals surface area contributed by atoms with E-state index in [1.54, 1.807) is 0 Å². The second kappa shape index (κ2) is 3.61. The van der Waals surface area contributed by atoms with Crippen LogP contribution in [0.15, 0.2) is 22.7 Å². The Kier molecular flexibility index (Phi) is 2.46. The summed E-state index contributed by atoms with van der Waals surface area (Å²) in [6, 6.07) is 5.47. The van der Waals surface area contributed by atoms with Gasteiger partial charge in [-0.3, -0.25) is 0 Å². The summed E-state index contributed by atoms with van der Waals surface area (Å²) in [5.74, 6) is -0.782. The molecule has 1 atom stereocenters. The molecule has 74 valence electrons. The summed E-state index contributed by atoms with van der Waals surface area (Å²) in [7, 11) is 0. The van der Waals surface area contributed by atoms with Crippen molar-refractivity contribution in [2.75, 3.05) is 5.32 Å². The second-order valence-electron chi connectivity index (χ2n) is 3.38. The molecule has 2 N–H and O–H groups in total. The molecule has 0 amide bonds. The van der Waals surface area contributed by atoms with E-state index in [0.717, 1.165) is 16.6 Å². The summed E-state index contributed by atoms with van der Waals surface area (Å²) >= 11 is 3.36. The number of hydrogen-bond donors (Lipinski definition) is 2. The number of rotatable bonds is 1. The molecule has 0 spiro atoms. The molecule has 1 heterocycles. The van der Waals surface area contributed by atoms with Gasteiger partial charge in [-0.25, -0.2) is 4.79 Å². The lowest BCUT2D eigenvalue weighted by atomic mass is 9.98. The first-order chi connectivity index (χ1) is 6.66. The van der Waals surface area contributed by atoms with E-state index in [2.05, 4.69) is 21.2 Å². The van der Waals surface area contributed by atoms with E-state index in [1.165, 1.54) is 5.56 Å². The average molecular weight is 256 g/mol. The van der Waals surface area contributed by atoms with E-state index in [-0.39, 0.29) is 0 Å². The van der Waals surface area contributed by atoms with Crippen LogP contribution in [0.1, 0.15) is 12.0 Å². The van der Waals surface area contributed by atoms with E-state index in [1.807, 2.05) is 18.2 Å². The van der Waals surface area contributed by atoms with Crippen molar-refractivity contribution in [3.8, 4) is 0 Å². The van der Waals surface area contributed by atoms with Gasteiger partial charge in [-0.2, -0.15) is 0 Å². The van der Waals surface area contributed by atoms with E-state index >= 15 is 0 Å². The Balaban J connectivity index is 2.29. The van der Waals surface area contributed by atoms with Gasteiger partial charge in [0.05, 0.1) is 0 Å². The van der Waals surface area contributed by atoms with E-state index in [0.29, 0.717) is 6.42 Å². The Morgan fingerprint density at radius 2 is 2.36 bits per heavy atom. The molecule has 1 aromatic rings. The number of benzene rings is 1. The van der Waals surface area contributed by atoms with Gasteiger partial charge >= 0.3 is 5.97 Å². The Labute approximate surface area is 90.3 Å². The van der Waals surface area contributed by atoms with E-state index in [4.69, 9.17) is 5.11 Å². The number of nitrogens with one attached hydrogen (secondary N) is 1. The Bertz CT molecular complexity index is 378.